The van der Waals surface area contributed by atoms with E-state index in [-0.39, 0.29) is 85.5 Å². The fourth-order valence-electron chi connectivity index (χ4n) is 4.44. The second-order valence-corrected chi connectivity index (χ2v) is 16.6. The summed E-state index contributed by atoms with van der Waals surface area (Å²) in [7, 11) is 0. The minimum atomic E-state index is -0.603. The Morgan fingerprint density at radius 3 is 0.870 bits per heavy atom. The number of ketones is 5. The summed E-state index contributed by atoms with van der Waals surface area (Å²) in [5.74, 6) is -2.24. The smallest absolute Gasteiger partial charge is 0.193 e. The molecule has 0 heterocycles. The first-order valence-corrected chi connectivity index (χ1v) is 18.0. The maximum Gasteiger partial charge on any atom is 0.193 e. The molecule has 2 aromatic carbocycles. The molecule has 13 nitrogen and oxygen atoms in total. The van der Waals surface area contributed by atoms with Crippen LogP contribution in [0.4, 0.5) is 0 Å². The van der Waals surface area contributed by atoms with Gasteiger partial charge < -0.3 is 0 Å². The fraction of sp³-hybridized carbons (Fsp3) is 0.585. The molecule has 300 valence electrons. The molecule has 0 aliphatic rings. The molecule has 0 spiro atoms. The summed E-state index contributed by atoms with van der Waals surface area (Å²) in [5.41, 5.74) is -1.98. The molecule has 13 heteroatoms. The van der Waals surface area contributed by atoms with Gasteiger partial charge in [0.25, 0.3) is 0 Å². The number of hydrogen-bond donors (Lipinski definition) is 0. The van der Waals surface area contributed by atoms with Crippen molar-refractivity contribution in [3.8, 4) is 0 Å². The number of benzene rings is 2. The maximum absolute atomic E-state index is 14.0. The van der Waals surface area contributed by atoms with Crippen LogP contribution < -0.4 is 0 Å². The molecule has 0 atom stereocenters. The molecule has 2 aromatic rings. The van der Waals surface area contributed by atoms with Crippen molar-refractivity contribution in [2.24, 2.45) is 0 Å². The van der Waals surface area contributed by atoms with Gasteiger partial charge in [0, 0.05) is 59.1 Å². The van der Waals surface area contributed by atoms with E-state index in [2.05, 4.69) is 0 Å². The minimum Gasteiger partial charge on any atom is -0.294 e. The number of Topliss-reactive ketones (excluding diaryl/α,β-unsaturated/α-hetero) is 4. The summed E-state index contributed by atoms with van der Waals surface area (Å²) in [5, 5.41) is 0. The first kappa shape index (κ1) is 46.6. The predicted molar refractivity (Wildman–Crippen MR) is 199 cm³/mol. The summed E-state index contributed by atoms with van der Waals surface area (Å²) >= 11 is 0. The number of rotatable bonds is 22. The molecule has 0 aromatic heterocycles. The first-order chi connectivity index (χ1) is 24.9. The monoisotopic (exact) mass is 758 g/mol. The summed E-state index contributed by atoms with van der Waals surface area (Å²) in [6.07, 6.45) is -0.463. The van der Waals surface area contributed by atoms with Crippen LogP contribution in [-0.4, -0.2) is 77.7 Å². The van der Waals surface area contributed by atoms with Crippen molar-refractivity contribution in [2.75, 3.05) is 26.4 Å². The molecular formula is C41H58O13. The highest BCUT2D eigenvalue weighted by molar-refractivity contribution is 6.16. The Labute approximate surface area is 319 Å². The Morgan fingerprint density at radius 1 is 0.389 bits per heavy atom. The van der Waals surface area contributed by atoms with E-state index in [1.165, 1.54) is 36.4 Å². The van der Waals surface area contributed by atoms with Crippen LogP contribution in [0.15, 0.2) is 36.4 Å². The highest BCUT2D eigenvalue weighted by Gasteiger charge is 2.25. The molecule has 0 unspecified atom stereocenters. The van der Waals surface area contributed by atoms with E-state index < -0.39 is 51.3 Å². The highest BCUT2D eigenvalue weighted by atomic mass is 17.2. The Morgan fingerprint density at radius 2 is 0.630 bits per heavy atom. The van der Waals surface area contributed by atoms with Crippen molar-refractivity contribution >= 4 is 28.9 Å². The zero-order valence-corrected chi connectivity index (χ0v) is 33.9. The van der Waals surface area contributed by atoms with Crippen molar-refractivity contribution in [1.82, 2.24) is 0 Å². The zero-order chi connectivity index (χ0) is 40.9. The first-order valence-electron chi connectivity index (χ1n) is 18.0. The summed E-state index contributed by atoms with van der Waals surface area (Å²) in [6.45, 7) is 21.2. The summed E-state index contributed by atoms with van der Waals surface area (Å²) in [6, 6.07) is 8.39. The topological polar surface area (TPSA) is 159 Å². The molecule has 0 radical (unpaired) electrons. The molecule has 0 aliphatic heterocycles. The van der Waals surface area contributed by atoms with Gasteiger partial charge in [-0.3, -0.25) is 24.0 Å². The Hall–Kier alpha value is -3.53. The van der Waals surface area contributed by atoms with Gasteiger partial charge in [-0.25, -0.2) is 39.1 Å². The normalized spacial score (nSPS) is 12.5. The summed E-state index contributed by atoms with van der Waals surface area (Å²) < 4.78 is 0. The van der Waals surface area contributed by atoms with E-state index in [4.69, 9.17) is 39.1 Å². The third-order valence-corrected chi connectivity index (χ3v) is 6.65. The van der Waals surface area contributed by atoms with Crippen LogP contribution in [-0.2, 0) is 39.1 Å². The molecular weight excluding hydrogens is 700 g/mol. The van der Waals surface area contributed by atoms with Crippen LogP contribution in [0.25, 0.3) is 0 Å². The number of hydrogen-bond acceptors (Lipinski definition) is 13. The molecule has 54 heavy (non-hydrogen) atoms. The van der Waals surface area contributed by atoms with Crippen LogP contribution in [0, 0.1) is 0 Å². The SMILES string of the molecule is CC(C)(C)OOCCC(=O)c1ccc(C(=O)c2ccc(C(=O)CCOOC(C)(C)C)c(C(=O)CCOOC(C)(C)C)c2)cc1C(=O)CCOOC(C)(C)C. The van der Waals surface area contributed by atoms with E-state index in [0.717, 1.165) is 0 Å². The van der Waals surface area contributed by atoms with Gasteiger partial charge in [0.1, 0.15) is 0 Å². The summed E-state index contributed by atoms with van der Waals surface area (Å²) in [4.78, 5) is 109. The molecule has 0 saturated heterocycles. The second kappa shape index (κ2) is 20.4. The van der Waals surface area contributed by atoms with Gasteiger partial charge in [0.2, 0.25) is 0 Å². The van der Waals surface area contributed by atoms with Crippen LogP contribution in [0.5, 0.6) is 0 Å². The average molecular weight is 759 g/mol. The van der Waals surface area contributed by atoms with Crippen LogP contribution >= 0.6 is 0 Å². The van der Waals surface area contributed by atoms with Gasteiger partial charge in [-0.2, -0.15) is 0 Å². The van der Waals surface area contributed by atoms with Crippen molar-refractivity contribution in [3.63, 3.8) is 0 Å². The zero-order valence-electron chi connectivity index (χ0n) is 33.9. The standard InChI is InChI=1S/C41H58O13/c1-38(2,3)51-47-21-17-33(42)29-15-13-27(25-31(29)35(44)19-23-49-53-40(7,8)9)37(46)28-14-16-30(34(43)18-22-48-52-39(4,5)6)32(26-28)36(45)20-24-50-54-41(10,11)12/h13-16,25-26H,17-24H2,1-12H3. The molecule has 0 bridgehead atoms. The molecule has 0 N–H and O–H groups in total. The Bertz CT molecular complexity index is 1480. The number of carbonyl (C=O) groups excluding carboxylic acids is 5. The Balaban J connectivity index is 2.45. The second-order valence-electron chi connectivity index (χ2n) is 16.6. The van der Waals surface area contributed by atoms with Crippen LogP contribution in [0.1, 0.15) is 166 Å². The van der Waals surface area contributed by atoms with E-state index >= 15 is 0 Å². The lowest BCUT2D eigenvalue weighted by Crippen LogP contribution is -2.21. The third-order valence-electron chi connectivity index (χ3n) is 6.65. The number of carbonyl (C=O) groups is 5. The fourth-order valence-corrected chi connectivity index (χ4v) is 4.44. The van der Waals surface area contributed by atoms with Crippen LogP contribution in [0.3, 0.4) is 0 Å². The lowest BCUT2D eigenvalue weighted by atomic mass is 9.90. The van der Waals surface area contributed by atoms with Gasteiger partial charge in [0.05, 0.1) is 48.8 Å². The van der Waals surface area contributed by atoms with E-state index in [1.54, 1.807) is 83.1 Å². The third kappa shape index (κ3) is 17.7. The van der Waals surface area contributed by atoms with E-state index in [9.17, 15) is 24.0 Å². The minimum absolute atomic E-state index is 0.0125. The average Bonchev–Trinajstić information content (AvgIpc) is 3.06. The van der Waals surface area contributed by atoms with Crippen molar-refractivity contribution < 1.29 is 63.1 Å². The maximum atomic E-state index is 14.0. The van der Waals surface area contributed by atoms with Gasteiger partial charge in [0.15, 0.2) is 28.9 Å². The Kier molecular flexibility index (Phi) is 17.6. The van der Waals surface area contributed by atoms with Crippen molar-refractivity contribution in [3.05, 3.63) is 69.8 Å². The molecule has 2 rings (SSSR count). The lowest BCUT2D eigenvalue weighted by Gasteiger charge is -2.18. The van der Waals surface area contributed by atoms with Gasteiger partial charge in [-0.15, -0.1) is 0 Å². The molecule has 0 fully saturated rings. The molecule has 0 amide bonds. The molecule has 0 aliphatic carbocycles. The quantitative estimate of drug-likeness (QED) is 0.0490. The van der Waals surface area contributed by atoms with Crippen LogP contribution in [0.2, 0.25) is 0 Å². The predicted octanol–water partition coefficient (Wildman–Crippen LogP) is 8.20. The highest BCUT2D eigenvalue weighted by Crippen LogP contribution is 2.23. The van der Waals surface area contributed by atoms with E-state index in [0.29, 0.717) is 0 Å². The van der Waals surface area contributed by atoms with Gasteiger partial charge >= 0.3 is 0 Å². The van der Waals surface area contributed by atoms with Gasteiger partial charge in [-0.05, 0) is 107 Å². The van der Waals surface area contributed by atoms with Crippen molar-refractivity contribution in [1.29, 1.82) is 0 Å². The molecule has 0 saturated carbocycles. The largest absolute Gasteiger partial charge is 0.294 e. The van der Waals surface area contributed by atoms with Gasteiger partial charge in [-0.1, -0.05) is 12.1 Å². The van der Waals surface area contributed by atoms with Crippen molar-refractivity contribution in [2.45, 2.75) is 131 Å². The lowest BCUT2D eigenvalue weighted by molar-refractivity contribution is -0.347. The van der Waals surface area contributed by atoms with E-state index in [1.807, 2.05) is 0 Å².